The zero-order chi connectivity index (χ0) is 58.8. The summed E-state index contributed by atoms with van der Waals surface area (Å²) in [6.07, 6.45) is -25.1. The van der Waals surface area contributed by atoms with E-state index in [9.17, 15) is 71.2 Å². The Kier molecular flexibility index (Phi) is 17.6. The molecule has 0 radical (unpaired) electrons. The first-order valence-electron chi connectivity index (χ1n) is 29.4. The van der Waals surface area contributed by atoms with Gasteiger partial charge in [-0.25, -0.2) is 0 Å². The number of carboxylic acids is 1. The molecule has 10 rings (SSSR count). The molecule has 0 aromatic heterocycles. The normalized spacial score (nSPS) is 54.4. The number of carboxylic acid groups (broad SMARTS) is 1. The van der Waals surface area contributed by atoms with Crippen molar-refractivity contribution >= 4 is 5.97 Å². The van der Waals surface area contributed by atoms with Gasteiger partial charge in [-0.15, -0.1) is 0 Å². The van der Waals surface area contributed by atoms with Crippen LogP contribution in [0.3, 0.4) is 0 Å². The van der Waals surface area contributed by atoms with Crippen LogP contribution in [0, 0.1) is 50.2 Å². The summed E-state index contributed by atoms with van der Waals surface area (Å²) in [6, 6.07) is 0. The molecular formula is C57H92O24. The van der Waals surface area contributed by atoms with Crippen LogP contribution < -0.4 is 0 Å². The molecule has 13 N–H and O–H groups in total. The van der Waals surface area contributed by atoms with Crippen molar-refractivity contribution in [3.05, 3.63) is 11.6 Å². The molecule has 5 saturated heterocycles. The van der Waals surface area contributed by atoms with E-state index in [-0.39, 0.29) is 39.6 Å². The fraction of sp³-hybridized carbons (Fsp3) is 0.947. The fourth-order valence-corrected chi connectivity index (χ4v) is 17.2. The molecule has 0 amide bonds. The fourth-order valence-electron chi connectivity index (χ4n) is 17.2. The van der Waals surface area contributed by atoms with Gasteiger partial charge < -0.3 is 114 Å². The molecule has 5 heterocycles. The van der Waals surface area contributed by atoms with Crippen molar-refractivity contribution < 1.29 is 119 Å². The Bertz CT molecular complexity index is 2250. The summed E-state index contributed by atoms with van der Waals surface area (Å²) in [7, 11) is 0. The molecule has 5 aliphatic heterocycles. The molecule has 30 atom stereocenters. The largest absolute Gasteiger partial charge is 0.481 e. The van der Waals surface area contributed by atoms with Crippen molar-refractivity contribution in [3.63, 3.8) is 0 Å². The van der Waals surface area contributed by atoms with E-state index in [1.807, 2.05) is 0 Å². The Hall–Kier alpha value is -1.67. The maximum Gasteiger partial charge on any atom is 0.310 e. The van der Waals surface area contributed by atoms with E-state index < -0.39 is 178 Å². The number of aliphatic hydroxyl groups excluding tert-OH is 12. The smallest absolute Gasteiger partial charge is 0.310 e. The lowest BCUT2D eigenvalue weighted by atomic mass is 9.33. The Morgan fingerprint density at radius 2 is 1.14 bits per heavy atom. The monoisotopic (exact) mass is 1160 g/mol. The van der Waals surface area contributed by atoms with Crippen molar-refractivity contribution in [2.75, 3.05) is 26.4 Å². The predicted octanol–water partition coefficient (Wildman–Crippen LogP) is -0.700. The van der Waals surface area contributed by atoms with Gasteiger partial charge in [0.2, 0.25) is 0 Å². The highest BCUT2D eigenvalue weighted by Crippen LogP contribution is 2.76. The predicted molar refractivity (Wildman–Crippen MR) is 276 cm³/mol. The van der Waals surface area contributed by atoms with Gasteiger partial charge in [-0.1, -0.05) is 60.1 Å². The van der Waals surface area contributed by atoms with E-state index in [2.05, 4.69) is 54.5 Å². The molecule has 5 aliphatic carbocycles. The van der Waals surface area contributed by atoms with E-state index in [1.54, 1.807) is 6.92 Å². The summed E-state index contributed by atoms with van der Waals surface area (Å²) in [5.41, 5.74) is 0.0554. The van der Waals surface area contributed by atoms with Crippen LogP contribution in [0.4, 0.5) is 0 Å². The quantitative estimate of drug-likeness (QED) is 0.0849. The number of aliphatic carboxylic acids is 1. The topological polar surface area (TPSA) is 372 Å². The standard InChI is InChI=1S/C57H92O24/c1-24-43(79-49-45(35(62)28(60)21-72-49)81-50-44(34(61)27(59)22-73-50)80-46-40(67)37(64)30(23-74-46)77-48-41(68)38(65)36(63)29(20-58)76-48)39(66)42(69)47(75-24)78-33-12-13-54(6)31(53(33,4)5)11-14-56(8)32(54)10-9-25-26-19-52(2,3)15-17-57(26,51(70)71)18-16-55(25,56)7/h9,24,26-50,58-69H,10-23H2,1-8H3,(H,70,71)/t24-,26?,27-,28+,29-,30-,31?,32?,33+,34-,35-,36-,37-,38-,39+,40-,41-,42-,43+,44-,45-,46+,47+,48+,49+,50+,54?,55?,56?,57?/m1/s1. The number of carbonyl (C=O) groups is 1. The molecule has 9 fully saturated rings. The number of aliphatic hydroxyl groups is 12. The first kappa shape index (κ1) is 62.4. The molecule has 81 heavy (non-hydrogen) atoms. The second-order valence-corrected chi connectivity index (χ2v) is 27.7. The van der Waals surface area contributed by atoms with Gasteiger partial charge in [0.1, 0.15) is 97.7 Å². The van der Waals surface area contributed by atoms with Crippen LogP contribution in [0.15, 0.2) is 11.6 Å². The first-order valence-corrected chi connectivity index (χ1v) is 29.4. The first-order chi connectivity index (χ1) is 37.9. The number of ether oxygens (including phenoxy) is 10. The lowest BCUT2D eigenvalue weighted by molar-refractivity contribution is -0.389. The molecule has 0 aromatic rings. The summed E-state index contributed by atoms with van der Waals surface area (Å²) in [4.78, 5) is 13.2. The number of rotatable bonds is 12. The molecule has 0 aromatic carbocycles. The van der Waals surface area contributed by atoms with Crippen molar-refractivity contribution in [1.82, 2.24) is 0 Å². The highest BCUT2D eigenvalue weighted by atomic mass is 16.8. The molecular weight excluding hydrogens is 1070 g/mol. The zero-order valence-corrected chi connectivity index (χ0v) is 47.8. The van der Waals surface area contributed by atoms with Crippen molar-refractivity contribution in [2.45, 2.75) is 261 Å². The highest BCUT2D eigenvalue weighted by molar-refractivity contribution is 5.76. The molecule has 0 bridgehead atoms. The van der Waals surface area contributed by atoms with Gasteiger partial charge in [-0.05, 0) is 116 Å². The third-order valence-corrected chi connectivity index (χ3v) is 22.4. The van der Waals surface area contributed by atoms with E-state index in [0.29, 0.717) is 25.2 Å². The highest BCUT2D eigenvalue weighted by Gasteiger charge is 2.70. The van der Waals surface area contributed by atoms with Crippen LogP contribution in [0.2, 0.25) is 0 Å². The zero-order valence-electron chi connectivity index (χ0n) is 47.8. The second-order valence-electron chi connectivity index (χ2n) is 27.7. The Balaban J connectivity index is 0.784. The Morgan fingerprint density at radius 1 is 0.568 bits per heavy atom. The maximum absolute atomic E-state index is 13.2. The molecule has 24 heteroatoms. The molecule has 10 aliphatic rings. The van der Waals surface area contributed by atoms with Gasteiger partial charge in [0.25, 0.3) is 0 Å². The molecule has 4 saturated carbocycles. The summed E-state index contributed by atoms with van der Waals surface area (Å²) < 4.78 is 59.6. The average Bonchev–Trinajstić information content (AvgIpc) is 1.12. The third kappa shape index (κ3) is 10.5. The van der Waals surface area contributed by atoms with Gasteiger partial charge in [-0.2, -0.15) is 0 Å². The van der Waals surface area contributed by atoms with Gasteiger partial charge in [0.15, 0.2) is 31.5 Å². The molecule has 0 spiro atoms. The minimum absolute atomic E-state index is 0.0161. The van der Waals surface area contributed by atoms with Gasteiger partial charge in [0.05, 0.1) is 44.1 Å². The van der Waals surface area contributed by atoms with Crippen molar-refractivity contribution in [2.24, 2.45) is 50.2 Å². The Morgan fingerprint density at radius 3 is 1.77 bits per heavy atom. The minimum atomic E-state index is -1.96. The van der Waals surface area contributed by atoms with Crippen LogP contribution in [-0.2, 0) is 52.2 Å². The van der Waals surface area contributed by atoms with Crippen molar-refractivity contribution in [3.8, 4) is 0 Å². The summed E-state index contributed by atoms with van der Waals surface area (Å²) >= 11 is 0. The number of hydrogen-bond donors (Lipinski definition) is 13. The summed E-state index contributed by atoms with van der Waals surface area (Å²) in [5.74, 6) is -0.0592. The van der Waals surface area contributed by atoms with Crippen LogP contribution in [-0.4, -0.2) is 240 Å². The van der Waals surface area contributed by atoms with E-state index in [0.717, 1.165) is 44.9 Å². The van der Waals surface area contributed by atoms with Crippen LogP contribution in [0.5, 0.6) is 0 Å². The van der Waals surface area contributed by atoms with Crippen LogP contribution >= 0.6 is 0 Å². The van der Waals surface area contributed by atoms with E-state index in [1.165, 1.54) is 5.57 Å². The van der Waals surface area contributed by atoms with Crippen LogP contribution in [0.25, 0.3) is 0 Å². The lowest BCUT2D eigenvalue weighted by Gasteiger charge is -2.71. The van der Waals surface area contributed by atoms with Gasteiger partial charge in [-0.3, -0.25) is 4.79 Å². The average molecular weight is 1160 g/mol. The third-order valence-electron chi connectivity index (χ3n) is 22.4. The minimum Gasteiger partial charge on any atom is -0.481 e. The Labute approximate surface area is 472 Å². The summed E-state index contributed by atoms with van der Waals surface area (Å²) in [6.45, 7) is 15.7. The molecule has 464 valence electrons. The van der Waals surface area contributed by atoms with Gasteiger partial charge in [0, 0.05) is 0 Å². The SMILES string of the molecule is C[C@H]1O[C@@H](O[C@H]2CCC3(C)C(CCC4(C)C3CC=C3C5CC(C)(C)CCC5(C(=O)O)CCC34C)C2(C)C)[C@H](O)[C@H](O)[C@H]1O[C@@H]1OC[C@H](O)[C@@H](O)[C@H]1O[C@@H]1OC[C@@H](O)[C@@H](O)[C@H]1O[C@@H]1OC[C@@H](O[C@@H]2O[C@H](CO)[C@@H](O)[C@@H](O)[C@H]2O)[C@@H](O)[C@H]1O. The molecule has 7 unspecified atom stereocenters. The lowest BCUT2D eigenvalue weighted by Crippen LogP contribution is -2.66. The second kappa shape index (κ2) is 22.8. The maximum atomic E-state index is 13.2. The molecule has 24 nitrogen and oxygen atoms in total. The number of fused-ring (bicyclic) bond motifs is 7. The van der Waals surface area contributed by atoms with Gasteiger partial charge >= 0.3 is 5.97 Å². The van der Waals surface area contributed by atoms with E-state index in [4.69, 9.17) is 47.4 Å². The van der Waals surface area contributed by atoms with E-state index >= 15 is 0 Å². The summed E-state index contributed by atoms with van der Waals surface area (Å²) in [5, 5.41) is 141. The van der Waals surface area contributed by atoms with Crippen molar-refractivity contribution in [1.29, 1.82) is 0 Å². The van der Waals surface area contributed by atoms with Crippen LogP contribution in [0.1, 0.15) is 120 Å². The number of hydrogen-bond acceptors (Lipinski definition) is 23. The number of allylic oxidation sites excluding steroid dienone is 2.